The van der Waals surface area contributed by atoms with E-state index in [4.69, 9.17) is 79.9 Å². The third-order valence-corrected chi connectivity index (χ3v) is 13.7. The monoisotopic (exact) mass is 1850 g/mol. The molecule has 0 radical (unpaired) electrons. The molecule has 734 valence electrons. The number of hydrogen-bond acceptors (Lipinski definition) is 28. The molecule has 0 spiro atoms. The molecule has 0 aromatic carbocycles. The summed E-state index contributed by atoms with van der Waals surface area (Å²) >= 11 is 0. The van der Waals surface area contributed by atoms with Crippen molar-refractivity contribution >= 4 is 119 Å². The summed E-state index contributed by atoms with van der Waals surface area (Å²) in [5, 5.41) is 92.3. The fourth-order valence-electron chi connectivity index (χ4n) is 6.97. The fourth-order valence-corrected chi connectivity index (χ4v) is 6.97. The van der Waals surface area contributed by atoms with Crippen LogP contribution in [-0.4, -0.2) is 235 Å². The Morgan fingerprint density at radius 1 is 0.217 bits per heavy atom. The summed E-state index contributed by atoms with van der Waals surface area (Å²) in [5.74, 6) is -13.3. The fraction of sp³-hybridized carbons (Fsp3) is 0.528. The number of aliphatic carboxylic acids is 11. The molecule has 40 heteroatoms. The molecule has 40 nitrogen and oxygen atoms in total. The average Bonchev–Trinajstić information content (AvgIpc) is 0.637. The highest BCUT2D eigenvalue weighted by molar-refractivity contribution is 5.89. The van der Waals surface area contributed by atoms with Crippen molar-refractivity contribution < 1.29 is 190 Å². The summed E-state index contributed by atoms with van der Waals surface area (Å²) in [6.07, 6.45) is 27.1. The van der Waals surface area contributed by atoms with Crippen LogP contribution in [0.25, 0.3) is 0 Å². The predicted molar refractivity (Wildman–Crippen MR) is 472 cm³/mol. The van der Waals surface area contributed by atoms with Crippen LogP contribution in [0.15, 0.2) is 137 Å². The Morgan fingerprint density at radius 3 is 0.558 bits per heavy atom. The van der Waals surface area contributed by atoms with Crippen molar-refractivity contribution in [2.75, 3.05) is 59.4 Å². The second-order valence-corrected chi connectivity index (χ2v) is 26.1. The lowest BCUT2D eigenvalue weighted by Crippen LogP contribution is -2.23. The van der Waals surface area contributed by atoms with Gasteiger partial charge in [-0.05, 0) is 118 Å². The lowest BCUT2D eigenvalue weighted by atomic mass is 10.1. The molecule has 0 saturated heterocycles. The Bertz CT molecular complexity index is 3370. The molecule has 129 heavy (non-hydrogen) atoms. The van der Waals surface area contributed by atoms with Crippen LogP contribution < -0.4 is 5.32 Å². The maximum absolute atomic E-state index is 11.0. The second-order valence-electron chi connectivity index (χ2n) is 26.1. The SMILES string of the molecule is C=C(C)C(=O)O.C=C(C)C(=O)OCCC(=O)O.C=C(C)C(=O)OCCCCC(=O)O.C=C(C)C(=O)OCCCCCCC(=O)O.C=C(C)C(=O)OCCCCCCCCC(=O)O.C=CC(=O)NCCC(=O)O.C=CC(=O)O.C=CC(=O)OCCC(=O)O.C=CC(=O)OCCCCC(=O)O.C=CC(=O)OCCCCCCC(=O)O.C=CC(=O)OCCCCCCCCC(=O)O. The molecule has 0 atom stereocenters. The first-order valence-corrected chi connectivity index (χ1v) is 40.5. The lowest BCUT2D eigenvalue weighted by Gasteiger charge is -2.04. The number of carbonyl (C=O) groups excluding carboxylic acids is 9. The molecule has 0 aliphatic heterocycles. The van der Waals surface area contributed by atoms with E-state index >= 15 is 0 Å². The van der Waals surface area contributed by atoms with Crippen molar-refractivity contribution in [2.24, 2.45) is 0 Å². The summed E-state index contributed by atoms with van der Waals surface area (Å²) in [4.78, 5) is 205. The molecular weight excluding hydrogens is 1710 g/mol. The first-order chi connectivity index (χ1) is 60.4. The quantitative estimate of drug-likeness (QED) is 0.0116. The van der Waals surface area contributed by atoms with Crippen molar-refractivity contribution in [2.45, 2.75) is 247 Å². The second kappa shape index (κ2) is 105. The van der Waals surface area contributed by atoms with Crippen LogP contribution in [0.5, 0.6) is 0 Å². The van der Waals surface area contributed by atoms with Crippen LogP contribution in [0.1, 0.15) is 247 Å². The Kier molecular flexibility index (Phi) is 113. The van der Waals surface area contributed by atoms with Gasteiger partial charge in [-0.2, -0.15) is 0 Å². The molecule has 0 fully saturated rings. The molecule has 0 aliphatic rings. The molecule has 0 saturated carbocycles. The summed E-state index contributed by atoms with van der Waals surface area (Å²) in [5.41, 5.74) is 1.64. The topological polar surface area (TPSA) is 650 Å². The van der Waals surface area contributed by atoms with E-state index in [1.54, 1.807) is 20.8 Å². The van der Waals surface area contributed by atoms with Crippen LogP contribution in [0, 0.1) is 0 Å². The van der Waals surface area contributed by atoms with Crippen LogP contribution >= 0.6 is 0 Å². The van der Waals surface area contributed by atoms with Gasteiger partial charge in [0.15, 0.2) is 0 Å². The van der Waals surface area contributed by atoms with Gasteiger partial charge >= 0.3 is 113 Å². The average molecular weight is 1850 g/mol. The first kappa shape index (κ1) is 139. The predicted octanol–water partition coefficient (Wildman–Crippen LogP) is 13.1. The zero-order valence-corrected chi connectivity index (χ0v) is 75.3. The summed E-state index contributed by atoms with van der Waals surface area (Å²) in [7, 11) is 0. The Morgan fingerprint density at radius 2 is 0.380 bits per heavy atom. The van der Waals surface area contributed by atoms with Gasteiger partial charge in [-0.25, -0.2) is 47.9 Å². The molecule has 12 N–H and O–H groups in total. The summed E-state index contributed by atoms with van der Waals surface area (Å²) < 4.78 is 37.6. The molecular formula is C89H139NO39. The number of carbonyl (C=O) groups is 20. The van der Waals surface area contributed by atoms with Crippen LogP contribution in [0.3, 0.4) is 0 Å². The zero-order valence-electron chi connectivity index (χ0n) is 75.3. The van der Waals surface area contributed by atoms with Crippen LogP contribution in [-0.2, 0) is 134 Å². The number of hydrogen-bond donors (Lipinski definition) is 12. The van der Waals surface area contributed by atoms with E-state index in [2.05, 4.69) is 91.9 Å². The maximum Gasteiger partial charge on any atom is 0.333 e. The summed E-state index contributed by atoms with van der Waals surface area (Å²) in [6.45, 7) is 45.8. The standard InChI is InChI=1S/C13H22O4.C12H20O4.C11H18O4.C10H16O4.C9H14O4.C8H12O4.C7H10O4.C6H9NO3.C6H8O4.C4H6O2.C3H4O2/c1-11(2)13(16)17-10-8-6-4-3-5-7-9-12(14)15;1-2-12(15)16-10-8-6-4-3-5-7-9-11(13)14;1-9(2)11(14)15-8-6-4-3-5-7-10(12)13;1-2-10(13)14-8-6-4-3-5-7-9(11)12;1-7(2)9(12)13-6-4-3-5-8(10)11;1-2-8(11)12-6-4-3-5-7(9)10;1-5(2)7(10)11-4-3-6(8)9;1-2-5(8)7-4-3-6(9)10;1-2-6(9)10-4-3-5(7)8;1-3(2)4(5)6;1-2-3(4)5/h1,3-10H2,2H3,(H,14,15);2H,1,3-10H2,(H,13,14);1,3-8H2,2H3,(H,12,13);2H,1,3-8H2,(H,11,12);1,3-6H2,2H3,(H,10,11);2H,1,3-6H2,(H,9,10);1,3-4H2,2H3,(H,8,9);2H,1,3-4H2,(H,7,8)(H,9,10);2H,1,3-4H2,(H,7,8);1H2,2H3,(H,5,6);2H,1H2,(H,4,5). The molecule has 0 bridgehead atoms. The van der Waals surface area contributed by atoms with Crippen molar-refractivity contribution in [1.29, 1.82) is 0 Å². The third-order valence-electron chi connectivity index (χ3n) is 13.7. The highest BCUT2D eigenvalue weighted by Crippen LogP contribution is 2.11. The third kappa shape index (κ3) is 156. The molecule has 0 aliphatic carbocycles. The van der Waals surface area contributed by atoms with Gasteiger partial charge in [0.2, 0.25) is 5.91 Å². The van der Waals surface area contributed by atoms with Crippen LogP contribution in [0.2, 0.25) is 0 Å². The smallest absolute Gasteiger partial charge is 0.333 e. The van der Waals surface area contributed by atoms with Gasteiger partial charge in [-0.1, -0.05) is 149 Å². The van der Waals surface area contributed by atoms with E-state index < -0.39 is 95.5 Å². The number of nitrogens with one attached hydrogen (secondary N) is 1. The number of ether oxygens (including phenoxy) is 8. The van der Waals surface area contributed by atoms with E-state index in [-0.39, 0.29) is 126 Å². The Labute approximate surface area is 754 Å². The van der Waals surface area contributed by atoms with E-state index in [0.29, 0.717) is 81.7 Å². The largest absolute Gasteiger partial charge is 0.481 e. The van der Waals surface area contributed by atoms with Gasteiger partial charge in [-0.15, -0.1) is 0 Å². The minimum atomic E-state index is -0.989. The van der Waals surface area contributed by atoms with Gasteiger partial charge in [0.25, 0.3) is 0 Å². The minimum absolute atomic E-state index is 0.0560. The number of rotatable bonds is 62. The molecule has 0 unspecified atom stereocenters. The number of amides is 1. The maximum atomic E-state index is 11.0. The van der Waals surface area contributed by atoms with Crippen LogP contribution in [0.4, 0.5) is 0 Å². The van der Waals surface area contributed by atoms with Gasteiger partial charge in [0.05, 0.1) is 58.9 Å². The number of esters is 8. The van der Waals surface area contributed by atoms with Gasteiger partial charge < -0.3 is 99.4 Å². The highest BCUT2D eigenvalue weighted by atomic mass is 16.6. The Balaban J connectivity index is -0.000000133. The van der Waals surface area contributed by atoms with Gasteiger partial charge in [-0.3, -0.25) is 47.9 Å². The molecule has 0 heterocycles. The normalized spacial score (nSPS) is 9.09. The molecule has 1 amide bonds. The Hall–Kier alpha value is -13.5. The zero-order chi connectivity index (χ0) is 102. The lowest BCUT2D eigenvalue weighted by molar-refractivity contribution is -0.145. The molecule has 0 rings (SSSR count). The van der Waals surface area contributed by atoms with Crippen molar-refractivity contribution in [1.82, 2.24) is 5.32 Å². The molecule has 0 aromatic heterocycles. The number of carboxylic acids is 11. The highest BCUT2D eigenvalue weighted by Gasteiger charge is 2.09. The first-order valence-electron chi connectivity index (χ1n) is 40.5. The van der Waals surface area contributed by atoms with E-state index in [1.807, 2.05) is 0 Å². The summed E-state index contributed by atoms with van der Waals surface area (Å²) in [6, 6.07) is 0. The molecule has 0 aromatic rings. The van der Waals surface area contributed by atoms with Gasteiger partial charge in [0.1, 0.15) is 13.2 Å². The van der Waals surface area contributed by atoms with Crippen molar-refractivity contribution in [3.05, 3.63) is 137 Å². The number of carboxylic acid groups (broad SMARTS) is 11. The number of unbranched alkanes of at least 4 members (excludes halogenated alkanes) is 18. The van der Waals surface area contributed by atoms with Gasteiger partial charge in [0, 0.05) is 103 Å². The van der Waals surface area contributed by atoms with E-state index in [1.165, 1.54) is 13.8 Å². The minimum Gasteiger partial charge on any atom is -0.481 e. The van der Waals surface area contributed by atoms with Crippen molar-refractivity contribution in [3.63, 3.8) is 0 Å². The van der Waals surface area contributed by atoms with Crippen molar-refractivity contribution in [3.8, 4) is 0 Å². The van der Waals surface area contributed by atoms with E-state index in [0.717, 1.165) is 152 Å². The van der Waals surface area contributed by atoms with E-state index in [9.17, 15) is 95.9 Å².